The monoisotopic (exact) mass is 221 g/mol. The smallest absolute Gasteiger partial charge is 0.0471 e. The van der Waals surface area contributed by atoms with Crippen molar-refractivity contribution in [1.82, 2.24) is 5.32 Å². The van der Waals surface area contributed by atoms with Crippen molar-refractivity contribution >= 4 is 10.8 Å². The van der Waals surface area contributed by atoms with Gasteiger partial charge in [0.2, 0.25) is 0 Å². The van der Waals surface area contributed by atoms with Gasteiger partial charge in [0.1, 0.15) is 0 Å². The van der Waals surface area contributed by atoms with Crippen LogP contribution < -0.4 is 5.32 Å². The first kappa shape index (κ1) is 14.1. The first-order chi connectivity index (χ1) is 6.70. The van der Waals surface area contributed by atoms with Gasteiger partial charge in [-0.15, -0.1) is 0 Å². The summed E-state index contributed by atoms with van der Waals surface area (Å²) in [6.07, 6.45) is 2.02. The molecule has 14 heavy (non-hydrogen) atoms. The standard InChI is InChI=1S/C10H23NO2S/c1-4-6-11-10(2)9-14(12)8-5-7-13-3/h10-11H,4-9H2,1-3H3. The molecule has 0 aromatic rings. The summed E-state index contributed by atoms with van der Waals surface area (Å²) in [4.78, 5) is 0. The molecule has 0 saturated carbocycles. The van der Waals surface area contributed by atoms with Crippen LogP contribution in [-0.4, -0.2) is 42.0 Å². The number of hydrogen-bond acceptors (Lipinski definition) is 3. The normalized spacial score (nSPS) is 15.4. The minimum atomic E-state index is -0.698. The van der Waals surface area contributed by atoms with Crippen molar-refractivity contribution < 1.29 is 8.95 Å². The second-order valence-electron chi connectivity index (χ2n) is 3.51. The number of ether oxygens (including phenoxy) is 1. The predicted octanol–water partition coefficient (Wildman–Crippen LogP) is 1.16. The minimum Gasteiger partial charge on any atom is -0.385 e. The van der Waals surface area contributed by atoms with Crippen LogP contribution in [0.3, 0.4) is 0 Å². The molecular weight excluding hydrogens is 198 g/mol. The summed E-state index contributed by atoms with van der Waals surface area (Å²) in [6.45, 7) is 5.94. The first-order valence-electron chi connectivity index (χ1n) is 5.28. The van der Waals surface area contributed by atoms with Crippen molar-refractivity contribution in [1.29, 1.82) is 0 Å². The van der Waals surface area contributed by atoms with E-state index in [1.807, 2.05) is 0 Å². The third-order valence-electron chi connectivity index (χ3n) is 1.90. The molecule has 0 heterocycles. The summed E-state index contributed by atoms with van der Waals surface area (Å²) in [5.41, 5.74) is 0. The van der Waals surface area contributed by atoms with Gasteiger partial charge in [-0.25, -0.2) is 0 Å². The van der Waals surface area contributed by atoms with Gasteiger partial charge in [-0.3, -0.25) is 4.21 Å². The number of rotatable bonds is 9. The highest BCUT2D eigenvalue weighted by atomic mass is 32.2. The van der Waals surface area contributed by atoms with Crippen LogP contribution in [0.4, 0.5) is 0 Å². The maximum absolute atomic E-state index is 11.5. The Morgan fingerprint density at radius 3 is 2.79 bits per heavy atom. The molecule has 0 aliphatic rings. The fourth-order valence-electron chi connectivity index (χ4n) is 1.18. The largest absolute Gasteiger partial charge is 0.385 e. The second-order valence-corrected chi connectivity index (χ2v) is 5.13. The lowest BCUT2D eigenvalue weighted by Crippen LogP contribution is -2.32. The zero-order valence-electron chi connectivity index (χ0n) is 9.54. The van der Waals surface area contributed by atoms with E-state index in [1.165, 1.54) is 0 Å². The van der Waals surface area contributed by atoms with Crippen molar-refractivity contribution in [3.8, 4) is 0 Å². The summed E-state index contributed by atoms with van der Waals surface area (Å²) in [5, 5.41) is 3.33. The molecule has 0 fully saturated rings. The maximum atomic E-state index is 11.5. The van der Waals surface area contributed by atoms with Crippen molar-refractivity contribution in [3.63, 3.8) is 0 Å². The Bertz CT molecular complexity index is 153. The van der Waals surface area contributed by atoms with E-state index in [2.05, 4.69) is 19.2 Å². The van der Waals surface area contributed by atoms with E-state index < -0.39 is 10.8 Å². The molecule has 0 saturated heterocycles. The van der Waals surface area contributed by atoms with Crippen LogP contribution in [0.5, 0.6) is 0 Å². The zero-order chi connectivity index (χ0) is 10.8. The fraction of sp³-hybridized carbons (Fsp3) is 1.00. The van der Waals surface area contributed by atoms with Gasteiger partial charge in [0.05, 0.1) is 0 Å². The summed E-state index contributed by atoms with van der Waals surface area (Å²) in [5.74, 6) is 1.51. The van der Waals surface area contributed by atoms with Gasteiger partial charge in [0.25, 0.3) is 0 Å². The second kappa shape index (κ2) is 9.62. The molecule has 2 atom stereocenters. The molecule has 0 aliphatic heterocycles. The molecular formula is C10H23NO2S. The van der Waals surface area contributed by atoms with Gasteiger partial charge in [-0.2, -0.15) is 0 Å². The molecule has 86 valence electrons. The van der Waals surface area contributed by atoms with Crippen LogP contribution in [0, 0.1) is 0 Å². The maximum Gasteiger partial charge on any atom is 0.0471 e. The third-order valence-corrected chi connectivity index (χ3v) is 3.51. The van der Waals surface area contributed by atoms with E-state index in [0.717, 1.165) is 30.9 Å². The SMILES string of the molecule is CCCNC(C)CS(=O)CCCOC. The highest BCUT2D eigenvalue weighted by Gasteiger charge is 2.05. The number of hydrogen-bond donors (Lipinski definition) is 1. The lowest BCUT2D eigenvalue weighted by atomic mass is 10.3. The first-order valence-corrected chi connectivity index (χ1v) is 6.76. The molecule has 3 nitrogen and oxygen atoms in total. The Kier molecular flexibility index (Phi) is 9.67. The Balaban J connectivity index is 3.40. The van der Waals surface area contributed by atoms with Crippen LogP contribution in [0.2, 0.25) is 0 Å². The molecule has 0 rings (SSSR count). The molecule has 0 aromatic carbocycles. The lowest BCUT2D eigenvalue weighted by Gasteiger charge is -2.12. The summed E-state index contributed by atoms with van der Waals surface area (Å²) >= 11 is 0. The lowest BCUT2D eigenvalue weighted by molar-refractivity contribution is 0.200. The van der Waals surface area contributed by atoms with Gasteiger partial charge in [-0.05, 0) is 26.3 Å². The van der Waals surface area contributed by atoms with Crippen LogP contribution in [0.1, 0.15) is 26.7 Å². The Morgan fingerprint density at radius 2 is 2.21 bits per heavy atom. The molecule has 4 heteroatoms. The van der Waals surface area contributed by atoms with E-state index >= 15 is 0 Å². The highest BCUT2D eigenvalue weighted by Crippen LogP contribution is 1.93. The van der Waals surface area contributed by atoms with Crippen LogP contribution in [-0.2, 0) is 15.5 Å². The van der Waals surface area contributed by atoms with Crippen LogP contribution >= 0.6 is 0 Å². The predicted molar refractivity (Wildman–Crippen MR) is 62.1 cm³/mol. The molecule has 0 spiro atoms. The van der Waals surface area contributed by atoms with Crippen molar-refractivity contribution in [3.05, 3.63) is 0 Å². The summed E-state index contributed by atoms with van der Waals surface area (Å²) in [6, 6.07) is 0.360. The van der Waals surface area contributed by atoms with E-state index in [-0.39, 0.29) is 0 Å². The van der Waals surface area contributed by atoms with Gasteiger partial charge in [0.15, 0.2) is 0 Å². The van der Waals surface area contributed by atoms with E-state index in [1.54, 1.807) is 7.11 Å². The molecule has 0 amide bonds. The molecule has 0 bridgehead atoms. The van der Waals surface area contributed by atoms with E-state index in [9.17, 15) is 4.21 Å². The average Bonchev–Trinajstić information content (AvgIpc) is 2.15. The average molecular weight is 221 g/mol. The molecule has 1 N–H and O–H groups in total. The van der Waals surface area contributed by atoms with Gasteiger partial charge < -0.3 is 10.1 Å². The minimum absolute atomic E-state index is 0.360. The summed E-state index contributed by atoms with van der Waals surface area (Å²) in [7, 11) is 0.977. The van der Waals surface area contributed by atoms with Gasteiger partial charge in [-0.1, -0.05) is 6.92 Å². The van der Waals surface area contributed by atoms with Crippen LogP contribution in [0.25, 0.3) is 0 Å². The third kappa shape index (κ3) is 8.66. The summed E-state index contributed by atoms with van der Waals surface area (Å²) < 4.78 is 16.4. The van der Waals surface area contributed by atoms with Gasteiger partial charge in [0, 0.05) is 42.1 Å². The van der Waals surface area contributed by atoms with Crippen LogP contribution in [0.15, 0.2) is 0 Å². The molecule has 0 aromatic heterocycles. The van der Waals surface area contributed by atoms with Gasteiger partial charge >= 0.3 is 0 Å². The van der Waals surface area contributed by atoms with E-state index in [0.29, 0.717) is 12.6 Å². The Labute approximate surface area is 90.1 Å². The topological polar surface area (TPSA) is 38.3 Å². The zero-order valence-corrected chi connectivity index (χ0v) is 10.4. The van der Waals surface area contributed by atoms with Crippen molar-refractivity contribution in [2.45, 2.75) is 32.7 Å². The van der Waals surface area contributed by atoms with Crippen molar-refractivity contribution in [2.24, 2.45) is 0 Å². The Hall–Kier alpha value is 0.0700. The Morgan fingerprint density at radius 1 is 1.50 bits per heavy atom. The number of nitrogens with one attached hydrogen (secondary N) is 1. The molecule has 0 radical (unpaired) electrons. The molecule has 0 aliphatic carbocycles. The van der Waals surface area contributed by atoms with E-state index in [4.69, 9.17) is 4.74 Å². The highest BCUT2D eigenvalue weighted by molar-refractivity contribution is 7.85. The fourth-order valence-corrected chi connectivity index (χ4v) is 2.46. The molecule has 2 unspecified atom stereocenters. The quantitative estimate of drug-likeness (QED) is 0.594. The van der Waals surface area contributed by atoms with Crippen molar-refractivity contribution in [2.75, 3.05) is 31.8 Å². The number of methoxy groups -OCH3 is 1.